The van der Waals surface area contributed by atoms with Gasteiger partial charge < -0.3 is 4.74 Å². The Bertz CT molecular complexity index is 1180. The van der Waals surface area contributed by atoms with E-state index in [0.29, 0.717) is 34.3 Å². The summed E-state index contributed by atoms with van der Waals surface area (Å²) in [7, 11) is -3.65. The predicted octanol–water partition coefficient (Wildman–Crippen LogP) is 4.00. The first-order valence-electron chi connectivity index (χ1n) is 9.36. The highest BCUT2D eigenvalue weighted by Gasteiger charge is 2.32. The number of aromatic nitrogens is 1. The van der Waals surface area contributed by atoms with Crippen molar-refractivity contribution < 1.29 is 17.9 Å². The molecule has 0 bridgehead atoms. The number of rotatable bonds is 4. The van der Waals surface area contributed by atoms with E-state index < -0.39 is 10.0 Å². The second-order valence-electron chi connectivity index (χ2n) is 7.16. The number of para-hydroxylation sites is 1. The number of carbonyl (C=O) groups excluding carboxylic acids is 1. The summed E-state index contributed by atoms with van der Waals surface area (Å²) in [5.41, 5.74) is 0.970. The smallest absolute Gasteiger partial charge is 0.257 e. The lowest BCUT2D eigenvalue weighted by Gasteiger charge is -2.34. The van der Waals surface area contributed by atoms with Gasteiger partial charge in [0.1, 0.15) is 5.52 Å². The van der Waals surface area contributed by atoms with Gasteiger partial charge in [0.15, 0.2) is 5.13 Å². The van der Waals surface area contributed by atoms with Crippen molar-refractivity contribution >= 4 is 54.2 Å². The molecule has 1 aliphatic heterocycles. The monoisotopic (exact) mass is 465 g/mol. The Morgan fingerprint density at radius 3 is 2.47 bits per heavy atom. The Morgan fingerprint density at radius 1 is 1.17 bits per heavy atom. The Kier molecular flexibility index (Phi) is 5.82. The second kappa shape index (κ2) is 8.24. The molecule has 0 saturated carbocycles. The number of ether oxygens (including phenoxy) is 1. The van der Waals surface area contributed by atoms with Gasteiger partial charge in [-0.05, 0) is 50.2 Å². The lowest BCUT2D eigenvalue weighted by molar-refractivity contribution is -0.0440. The van der Waals surface area contributed by atoms with Gasteiger partial charge in [-0.3, -0.25) is 10.1 Å². The maximum atomic E-state index is 12.9. The molecule has 158 valence electrons. The summed E-state index contributed by atoms with van der Waals surface area (Å²) in [4.78, 5) is 17.1. The number of halogens is 1. The number of benzene rings is 2. The van der Waals surface area contributed by atoms with Crippen molar-refractivity contribution in [1.29, 1.82) is 0 Å². The van der Waals surface area contributed by atoms with Crippen molar-refractivity contribution in [3.05, 3.63) is 53.1 Å². The number of thiazole rings is 1. The standard InChI is InChI=1S/C20H20ClN3O4S2/c1-12-10-24(11-13(2)28-12)30(26,27)15-8-6-14(7-9-15)19(25)23-20-22-18-16(21)4-3-5-17(18)29-20/h3-9,12-13H,10-11H2,1-2H3,(H,22,23,25). The van der Waals surface area contributed by atoms with Gasteiger partial charge in [0, 0.05) is 18.7 Å². The first-order chi connectivity index (χ1) is 14.2. The van der Waals surface area contributed by atoms with Gasteiger partial charge in [0.05, 0.1) is 26.8 Å². The van der Waals surface area contributed by atoms with E-state index in [9.17, 15) is 13.2 Å². The van der Waals surface area contributed by atoms with E-state index in [2.05, 4.69) is 10.3 Å². The molecule has 1 aliphatic rings. The summed E-state index contributed by atoms with van der Waals surface area (Å²) in [5.74, 6) is -0.372. The molecule has 1 saturated heterocycles. The van der Waals surface area contributed by atoms with Crippen LogP contribution in [0.4, 0.5) is 5.13 Å². The van der Waals surface area contributed by atoms with Gasteiger partial charge in [-0.2, -0.15) is 4.31 Å². The summed E-state index contributed by atoms with van der Waals surface area (Å²) >= 11 is 7.45. The number of carbonyl (C=O) groups is 1. The fourth-order valence-electron chi connectivity index (χ4n) is 3.39. The van der Waals surface area contributed by atoms with Gasteiger partial charge in [-0.25, -0.2) is 13.4 Å². The number of fused-ring (bicyclic) bond motifs is 1. The number of anilines is 1. The SMILES string of the molecule is CC1CN(S(=O)(=O)c2ccc(C(=O)Nc3nc4c(Cl)cccc4s3)cc2)CC(C)O1. The van der Waals surface area contributed by atoms with Crippen LogP contribution in [0.15, 0.2) is 47.4 Å². The number of hydrogen-bond donors (Lipinski definition) is 1. The Labute approximate surface area is 183 Å². The number of nitrogens with zero attached hydrogens (tertiary/aromatic N) is 2. The molecule has 7 nitrogen and oxygen atoms in total. The van der Waals surface area contributed by atoms with Gasteiger partial charge in [-0.15, -0.1) is 0 Å². The van der Waals surface area contributed by atoms with E-state index in [1.807, 2.05) is 26.0 Å². The third-order valence-electron chi connectivity index (χ3n) is 4.73. The second-order valence-corrected chi connectivity index (χ2v) is 10.5. The highest BCUT2D eigenvalue weighted by Crippen LogP contribution is 2.31. The van der Waals surface area contributed by atoms with Crippen molar-refractivity contribution in [3.63, 3.8) is 0 Å². The zero-order chi connectivity index (χ0) is 21.5. The molecular formula is C20H20ClN3O4S2. The van der Waals surface area contributed by atoms with Crippen LogP contribution in [0.3, 0.4) is 0 Å². The Balaban J connectivity index is 1.51. The number of morpholine rings is 1. The molecule has 1 N–H and O–H groups in total. The first kappa shape index (κ1) is 21.2. The van der Waals surface area contributed by atoms with Crippen LogP contribution >= 0.6 is 22.9 Å². The van der Waals surface area contributed by atoms with Crippen molar-refractivity contribution in [2.45, 2.75) is 31.0 Å². The summed E-state index contributed by atoms with van der Waals surface area (Å²) in [6, 6.07) is 11.3. The molecule has 2 heterocycles. The fourth-order valence-corrected chi connectivity index (χ4v) is 6.14. The van der Waals surface area contributed by atoms with Crippen LogP contribution in [-0.4, -0.2) is 48.9 Å². The largest absolute Gasteiger partial charge is 0.373 e. The Hall–Kier alpha value is -2.04. The molecule has 1 fully saturated rings. The first-order valence-corrected chi connectivity index (χ1v) is 12.0. The summed E-state index contributed by atoms with van der Waals surface area (Å²) in [6.07, 6.45) is -0.341. The molecule has 2 atom stereocenters. The normalized spacial score (nSPS) is 20.4. The summed E-state index contributed by atoms with van der Waals surface area (Å²) in [5, 5.41) is 3.69. The lowest BCUT2D eigenvalue weighted by atomic mass is 10.2. The number of amides is 1. The zero-order valence-electron chi connectivity index (χ0n) is 16.3. The van der Waals surface area contributed by atoms with Crippen LogP contribution < -0.4 is 5.32 Å². The van der Waals surface area contributed by atoms with Crippen LogP contribution in [0, 0.1) is 0 Å². The summed E-state index contributed by atoms with van der Waals surface area (Å²) in [6.45, 7) is 4.30. The summed E-state index contributed by atoms with van der Waals surface area (Å²) < 4.78 is 33.8. The third kappa shape index (κ3) is 4.21. The minimum atomic E-state index is -3.65. The van der Waals surface area contributed by atoms with Crippen molar-refractivity contribution in [3.8, 4) is 0 Å². The maximum absolute atomic E-state index is 12.9. The molecular weight excluding hydrogens is 446 g/mol. The van der Waals surface area contributed by atoms with E-state index in [-0.39, 0.29) is 23.0 Å². The average Bonchev–Trinajstić information content (AvgIpc) is 3.11. The van der Waals surface area contributed by atoms with E-state index >= 15 is 0 Å². The molecule has 0 aliphatic carbocycles. The number of hydrogen-bond acceptors (Lipinski definition) is 6. The Morgan fingerprint density at radius 2 is 1.83 bits per heavy atom. The van der Waals surface area contributed by atoms with Gasteiger partial charge in [0.25, 0.3) is 5.91 Å². The topological polar surface area (TPSA) is 88.6 Å². The molecule has 3 aromatic rings. The maximum Gasteiger partial charge on any atom is 0.257 e. The van der Waals surface area contributed by atoms with Crippen LogP contribution in [0.25, 0.3) is 10.2 Å². The molecule has 10 heteroatoms. The number of sulfonamides is 1. The molecule has 2 unspecified atom stereocenters. The van der Waals surface area contributed by atoms with Crippen molar-refractivity contribution in [2.75, 3.05) is 18.4 Å². The zero-order valence-corrected chi connectivity index (χ0v) is 18.7. The van der Waals surface area contributed by atoms with Gasteiger partial charge >= 0.3 is 0 Å². The highest BCUT2D eigenvalue weighted by molar-refractivity contribution is 7.89. The predicted molar refractivity (Wildman–Crippen MR) is 118 cm³/mol. The van der Waals surface area contributed by atoms with E-state index in [4.69, 9.17) is 16.3 Å². The molecule has 4 rings (SSSR count). The highest BCUT2D eigenvalue weighted by atomic mass is 35.5. The van der Waals surface area contributed by atoms with Gasteiger partial charge in [-0.1, -0.05) is 29.0 Å². The van der Waals surface area contributed by atoms with Gasteiger partial charge in [0.2, 0.25) is 10.0 Å². The molecule has 2 aromatic carbocycles. The van der Waals surface area contributed by atoms with Crippen LogP contribution in [0.5, 0.6) is 0 Å². The molecule has 1 amide bonds. The van der Waals surface area contributed by atoms with E-state index in [1.165, 1.54) is 39.9 Å². The molecule has 0 radical (unpaired) electrons. The average molecular weight is 466 g/mol. The molecule has 30 heavy (non-hydrogen) atoms. The molecule has 0 spiro atoms. The minimum Gasteiger partial charge on any atom is -0.373 e. The fraction of sp³-hybridized carbons (Fsp3) is 0.300. The number of nitrogens with one attached hydrogen (secondary N) is 1. The third-order valence-corrected chi connectivity index (χ3v) is 7.82. The van der Waals surface area contributed by atoms with Crippen molar-refractivity contribution in [2.24, 2.45) is 0 Å². The minimum absolute atomic E-state index is 0.145. The van der Waals surface area contributed by atoms with Crippen LogP contribution in [0.1, 0.15) is 24.2 Å². The van der Waals surface area contributed by atoms with E-state index in [0.717, 1.165) is 4.70 Å². The van der Waals surface area contributed by atoms with Crippen LogP contribution in [0.2, 0.25) is 5.02 Å². The van der Waals surface area contributed by atoms with Crippen molar-refractivity contribution in [1.82, 2.24) is 9.29 Å². The molecule has 1 aromatic heterocycles. The lowest BCUT2D eigenvalue weighted by Crippen LogP contribution is -2.48. The van der Waals surface area contributed by atoms with E-state index in [1.54, 1.807) is 6.07 Å². The van der Waals surface area contributed by atoms with Crippen LogP contribution in [-0.2, 0) is 14.8 Å². The quantitative estimate of drug-likeness (QED) is 0.629.